The summed E-state index contributed by atoms with van der Waals surface area (Å²) < 4.78 is 26.2. The zero-order chi connectivity index (χ0) is 16.3. The summed E-state index contributed by atoms with van der Waals surface area (Å²) in [5.74, 6) is -2.02. The summed E-state index contributed by atoms with van der Waals surface area (Å²) in [6, 6.07) is 1.68. The van der Waals surface area contributed by atoms with Crippen LogP contribution in [0.4, 0.5) is 8.78 Å². The van der Waals surface area contributed by atoms with Crippen molar-refractivity contribution in [3.63, 3.8) is 0 Å². The number of halogens is 2. The first-order valence-corrected chi connectivity index (χ1v) is 6.86. The summed E-state index contributed by atoms with van der Waals surface area (Å²) in [6.07, 6.45) is -2.51. The van der Waals surface area contributed by atoms with Gasteiger partial charge in [0.2, 0.25) is 5.91 Å². The van der Waals surface area contributed by atoms with Gasteiger partial charge < -0.3 is 26.0 Å². The third-order valence-electron chi connectivity index (χ3n) is 3.68. The first-order valence-electron chi connectivity index (χ1n) is 6.86. The van der Waals surface area contributed by atoms with Crippen molar-refractivity contribution in [3.8, 4) is 0 Å². The molecular formula is C14H18F2N2O4. The standard InChI is InChI=1S/C14H18F2N2O4/c15-8-2-1-7(9(16)4-8)3-12(20)17-5-10-13(21)14(22)11(6-19)18-10/h1-2,4,10-11,13-14,18-19,21-22H,3,5-6H2,(H,17,20)/t10-,11-,13-,14-/m1/s1. The predicted octanol–water partition coefficient (Wildman–Crippen LogP) is -1.32. The molecule has 1 aliphatic rings. The van der Waals surface area contributed by atoms with Gasteiger partial charge in [0, 0.05) is 12.6 Å². The Bertz CT molecular complexity index is 544. The maximum absolute atomic E-state index is 13.4. The van der Waals surface area contributed by atoms with Crippen LogP contribution in [0.25, 0.3) is 0 Å². The van der Waals surface area contributed by atoms with Crippen LogP contribution in [-0.4, -0.2) is 58.7 Å². The maximum Gasteiger partial charge on any atom is 0.224 e. The van der Waals surface area contributed by atoms with Crippen LogP contribution in [0.1, 0.15) is 5.56 Å². The topological polar surface area (TPSA) is 102 Å². The van der Waals surface area contributed by atoms with E-state index >= 15 is 0 Å². The molecule has 1 amide bonds. The minimum atomic E-state index is -1.12. The second-order valence-corrected chi connectivity index (χ2v) is 5.26. The van der Waals surface area contributed by atoms with E-state index in [1.165, 1.54) is 6.07 Å². The maximum atomic E-state index is 13.4. The molecule has 122 valence electrons. The van der Waals surface area contributed by atoms with Crippen LogP contribution in [0, 0.1) is 11.6 Å². The lowest BCUT2D eigenvalue weighted by Gasteiger charge is -2.16. The first-order chi connectivity index (χ1) is 10.4. The number of benzene rings is 1. The van der Waals surface area contributed by atoms with Gasteiger partial charge in [-0.3, -0.25) is 4.79 Å². The van der Waals surface area contributed by atoms with Gasteiger partial charge >= 0.3 is 0 Å². The van der Waals surface area contributed by atoms with Crippen LogP contribution < -0.4 is 10.6 Å². The SMILES string of the molecule is O=C(Cc1ccc(F)cc1F)NC[C@H]1N[C@H](CO)[C@@H](O)[C@@H]1O. The fourth-order valence-electron chi connectivity index (χ4n) is 2.41. The van der Waals surface area contributed by atoms with Crippen LogP contribution >= 0.6 is 0 Å². The molecule has 0 radical (unpaired) electrons. The molecule has 1 fully saturated rings. The highest BCUT2D eigenvalue weighted by Crippen LogP contribution is 2.14. The molecule has 4 atom stereocenters. The van der Waals surface area contributed by atoms with Gasteiger partial charge in [-0.25, -0.2) is 8.78 Å². The fourth-order valence-corrected chi connectivity index (χ4v) is 2.41. The Morgan fingerprint density at radius 3 is 2.50 bits per heavy atom. The van der Waals surface area contributed by atoms with Crippen molar-refractivity contribution >= 4 is 5.91 Å². The zero-order valence-electron chi connectivity index (χ0n) is 11.7. The summed E-state index contributed by atoms with van der Waals surface area (Å²) in [6.45, 7) is -0.333. The Morgan fingerprint density at radius 1 is 1.23 bits per heavy atom. The predicted molar refractivity (Wildman–Crippen MR) is 72.9 cm³/mol. The summed E-state index contributed by atoms with van der Waals surface area (Å²) in [4.78, 5) is 11.8. The van der Waals surface area contributed by atoms with E-state index in [9.17, 15) is 23.8 Å². The average Bonchev–Trinajstić information content (AvgIpc) is 2.75. The number of amides is 1. The average molecular weight is 316 g/mol. The number of carbonyl (C=O) groups is 1. The second kappa shape index (κ2) is 7.10. The Balaban J connectivity index is 1.85. The minimum absolute atomic E-state index is 0.0103. The molecule has 5 N–H and O–H groups in total. The van der Waals surface area contributed by atoms with Gasteiger partial charge in [0.05, 0.1) is 37.3 Å². The molecule has 1 saturated heterocycles. The monoisotopic (exact) mass is 316 g/mol. The molecular weight excluding hydrogens is 298 g/mol. The summed E-state index contributed by atoms with van der Waals surface area (Å²) in [5.41, 5.74) is 0.0621. The molecule has 1 aliphatic heterocycles. The molecule has 0 aromatic heterocycles. The smallest absolute Gasteiger partial charge is 0.224 e. The molecule has 1 aromatic carbocycles. The molecule has 8 heteroatoms. The number of aliphatic hydroxyl groups excluding tert-OH is 3. The van der Waals surface area contributed by atoms with E-state index in [2.05, 4.69) is 10.6 Å². The number of carbonyl (C=O) groups excluding carboxylic acids is 1. The van der Waals surface area contributed by atoms with Crippen molar-refractivity contribution in [3.05, 3.63) is 35.4 Å². The zero-order valence-corrected chi connectivity index (χ0v) is 11.7. The first kappa shape index (κ1) is 16.8. The molecule has 0 bridgehead atoms. The van der Waals surface area contributed by atoms with Crippen LogP contribution in [0.2, 0.25) is 0 Å². The lowest BCUT2D eigenvalue weighted by Crippen LogP contribution is -2.44. The Labute approximate surface area is 125 Å². The summed E-state index contributed by atoms with van der Waals surface area (Å²) in [7, 11) is 0. The van der Waals surface area contributed by atoms with Crippen LogP contribution in [0.5, 0.6) is 0 Å². The number of hydrogen-bond acceptors (Lipinski definition) is 5. The molecule has 0 spiro atoms. The quantitative estimate of drug-likeness (QED) is 0.464. The van der Waals surface area contributed by atoms with E-state index in [-0.39, 0.29) is 25.1 Å². The van der Waals surface area contributed by atoms with Gasteiger partial charge in [0.1, 0.15) is 11.6 Å². The summed E-state index contributed by atoms with van der Waals surface area (Å²) in [5, 5.41) is 33.7. The van der Waals surface area contributed by atoms with Crippen LogP contribution in [0.3, 0.4) is 0 Å². The van der Waals surface area contributed by atoms with Crippen molar-refractivity contribution in [2.24, 2.45) is 0 Å². The lowest BCUT2D eigenvalue weighted by atomic mass is 10.1. The van der Waals surface area contributed by atoms with Crippen molar-refractivity contribution in [2.45, 2.75) is 30.7 Å². The van der Waals surface area contributed by atoms with Gasteiger partial charge in [-0.15, -0.1) is 0 Å². The van der Waals surface area contributed by atoms with E-state index in [1.807, 2.05) is 0 Å². The molecule has 1 aromatic rings. The summed E-state index contributed by atoms with van der Waals surface area (Å²) >= 11 is 0. The minimum Gasteiger partial charge on any atom is -0.395 e. The van der Waals surface area contributed by atoms with E-state index in [0.717, 1.165) is 6.07 Å². The van der Waals surface area contributed by atoms with Crippen LogP contribution in [-0.2, 0) is 11.2 Å². The van der Waals surface area contributed by atoms with Crippen molar-refractivity contribution in [2.75, 3.05) is 13.2 Å². The molecule has 0 unspecified atom stereocenters. The number of hydrogen-bond donors (Lipinski definition) is 5. The molecule has 0 saturated carbocycles. The number of aliphatic hydroxyl groups is 3. The van der Waals surface area contributed by atoms with E-state index < -0.39 is 41.8 Å². The number of nitrogens with one attached hydrogen (secondary N) is 2. The molecule has 22 heavy (non-hydrogen) atoms. The van der Waals surface area contributed by atoms with Gasteiger partial charge in [-0.2, -0.15) is 0 Å². The largest absolute Gasteiger partial charge is 0.395 e. The Morgan fingerprint density at radius 2 is 1.91 bits per heavy atom. The second-order valence-electron chi connectivity index (χ2n) is 5.26. The Kier molecular flexibility index (Phi) is 5.41. The molecule has 0 aliphatic carbocycles. The highest BCUT2D eigenvalue weighted by molar-refractivity contribution is 5.78. The molecule has 1 heterocycles. The van der Waals surface area contributed by atoms with Crippen molar-refractivity contribution < 1.29 is 28.9 Å². The highest BCUT2D eigenvalue weighted by atomic mass is 19.1. The Hall–Kier alpha value is -1.61. The van der Waals surface area contributed by atoms with Crippen LogP contribution in [0.15, 0.2) is 18.2 Å². The van der Waals surface area contributed by atoms with Gasteiger partial charge in [-0.1, -0.05) is 6.07 Å². The number of rotatable bonds is 5. The van der Waals surface area contributed by atoms with E-state index in [1.54, 1.807) is 0 Å². The van der Waals surface area contributed by atoms with Gasteiger partial charge in [0.25, 0.3) is 0 Å². The van der Waals surface area contributed by atoms with Crippen molar-refractivity contribution in [1.29, 1.82) is 0 Å². The molecule has 6 nitrogen and oxygen atoms in total. The third kappa shape index (κ3) is 3.77. The fraction of sp³-hybridized carbons (Fsp3) is 0.500. The van der Waals surface area contributed by atoms with Gasteiger partial charge in [0.15, 0.2) is 0 Å². The lowest BCUT2D eigenvalue weighted by molar-refractivity contribution is -0.120. The van der Waals surface area contributed by atoms with E-state index in [0.29, 0.717) is 6.07 Å². The van der Waals surface area contributed by atoms with Gasteiger partial charge in [-0.05, 0) is 11.6 Å². The normalized spacial score (nSPS) is 27.9. The van der Waals surface area contributed by atoms with Crippen molar-refractivity contribution in [1.82, 2.24) is 10.6 Å². The highest BCUT2D eigenvalue weighted by Gasteiger charge is 2.40. The van der Waals surface area contributed by atoms with E-state index in [4.69, 9.17) is 5.11 Å². The third-order valence-corrected chi connectivity index (χ3v) is 3.68. The molecule has 2 rings (SSSR count).